The van der Waals surface area contributed by atoms with Gasteiger partial charge in [-0.1, -0.05) is 32.9 Å². The highest BCUT2D eigenvalue weighted by molar-refractivity contribution is 6.18. The van der Waals surface area contributed by atoms with E-state index in [2.05, 4.69) is 64.7 Å². The second kappa shape index (κ2) is 11.4. The van der Waals surface area contributed by atoms with Gasteiger partial charge in [-0.3, -0.25) is 9.79 Å². The summed E-state index contributed by atoms with van der Waals surface area (Å²) in [6.45, 7) is 11.0. The number of hydrogen-bond acceptors (Lipinski definition) is 6. The first-order chi connectivity index (χ1) is 20.6. The van der Waals surface area contributed by atoms with Gasteiger partial charge in [-0.05, 0) is 62.8 Å². The van der Waals surface area contributed by atoms with Gasteiger partial charge in [0.15, 0.2) is 0 Å². The van der Waals surface area contributed by atoms with E-state index in [1.165, 1.54) is 16.6 Å². The van der Waals surface area contributed by atoms with E-state index in [9.17, 15) is 9.90 Å². The number of hydrogen-bond donors (Lipinski definition) is 2. The summed E-state index contributed by atoms with van der Waals surface area (Å²) in [6, 6.07) is 12.5. The van der Waals surface area contributed by atoms with Crippen molar-refractivity contribution < 1.29 is 14.6 Å². The molecule has 4 heterocycles. The van der Waals surface area contributed by atoms with Gasteiger partial charge in [0.05, 0.1) is 45.6 Å². The summed E-state index contributed by atoms with van der Waals surface area (Å²) in [6.07, 6.45) is 3.34. The minimum atomic E-state index is -0.338. The van der Waals surface area contributed by atoms with E-state index in [0.29, 0.717) is 17.9 Å². The summed E-state index contributed by atoms with van der Waals surface area (Å²) < 4.78 is 8.33. The molecule has 0 bridgehead atoms. The van der Waals surface area contributed by atoms with E-state index in [1.54, 1.807) is 7.11 Å². The van der Waals surface area contributed by atoms with Gasteiger partial charge in [0.25, 0.3) is 5.91 Å². The van der Waals surface area contributed by atoms with Gasteiger partial charge in [-0.2, -0.15) is 0 Å². The third-order valence-electron chi connectivity index (χ3n) is 10.1. The van der Waals surface area contributed by atoms with E-state index >= 15 is 0 Å². The number of aliphatic hydroxyl groups is 1. The largest absolute Gasteiger partial charge is 0.496 e. The van der Waals surface area contributed by atoms with Gasteiger partial charge in [-0.25, -0.2) is 0 Å². The first-order valence-corrected chi connectivity index (χ1v) is 16.2. The Balaban J connectivity index is 1.51. The molecule has 1 saturated heterocycles. The number of rotatable bonds is 7. The summed E-state index contributed by atoms with van der Waals surface area (Å²) in [5.41, 5.74) is 13.3. The number of benzene rings is 2. The quantitative estimate of drug-likeness (QED) is 0.388. The lowest BCUT2D eigenvalue weighted by atomic mass is 9.95. The zero-order valence-electron chi connectivity index (χ0n) is 26.1. The lowest BCUT2D eigenvalue weighted by Crippen LogP contribution is -2.50. The van der Waals surface area contributed by atoms with Crippen LogP contribution in [0.1, 0.15) is 68.6 Å². The molecule has 2 aromatic carbocycles. The van der Waals surface area contributed by atoms with Crippen LogP contribution in [0.15, 0.2) is 41.4 Å². The van der Waals surface area contributed by atoms with E-state index in [0.717, 1.165) is 61.4 Å². The molecular weight excluding hydrogens is 554 g/mol. The van der Waals surface area contributed by atoms with Gasteiger partial charge in [-0.15, -0.1) is 0 Å². The number of ether oxygens (including phenoxy) is 1. The third-order valence-corrected chi connectivity index (χ3v) is 10.8. The minimum Gasteiger partial charge on any atom is -0.496 e. The summed E-state index contributed by atoms with van der Waals surface area (Å²) in [5.74, 6) is 1.13. The lowest BCUT2D eigenvalue weighted by molar-refractivity contribution is 0.0739. The molecule has 3 aromatic rings. The van der Waals surface area contributed by atoms with Crippen LogP contribution in [-0.2, 0) is 11.6 Å². The summed E-state index contributed by atoms with van der Waals surface area (Å²) >= 11 is 0. The number of amides is 1. The van der Waals surface area contributed by atoms with Gasteiger partial charge >= 0.3 is 0 Å². The Kier molecular flexibility index (Phi) is 7.94. The van der Waals surface area contributed by atoms with Crippen molar-refractivity contribution in [2.24, 2.45) is 22.6 Å². The maximum absolute atomic E-state index is 13.8. The van der Waals surface area contributed by atoms with Crippen LogP contribution in [0.4, 0.5) is 11.4 Å². The molecule has 3 aliphatic rings. The Morgan fingerprint density at radius 2 is 2.02 bits per heavy atom. The summed E-state index contributed by atoms with van der Waals surface area (Å²) in [5, 5.41) is 10.4. The average Bonchev–Trinajstić information content (AvgIpc) is 3.46. The van der Waals surface area contributed by atoms with Crippen LogP contribution in [0.2, 0.25) is 0 Å². The molecular formula is C34H44N5O3Si. The van der Waals surface area contributed by atoms with Crippen LogP contribution in [0.25, 0.3) is 10.9 Å². The first-order valence-electron chi connectivity index (χ1n) is 15.7. The van der Waals surface area contributed by atoms with Crippen molar-refractivity contribution in [2.45, 2.75) is 70.6 Å². The number of carbonyl (C=O) groups excluding carboxylic acids is 1. The predicted octanol–water partition coefficient (Wildman–Crippen LogP) is 4.59. The minimum absolute atomic E-state index is 0.0243. The van der Waals surface area contributed by atoms with Gasteiger partial charge in [0.2, 0.25) is 0 Å². The van der Waals surface area contributed by atoms with Crippen molar-refractivity contribution in [1.29, 1.82) is 0 Å². The van der Waals surface area contributed by atoms with E-state index in [1.807, 2.05) is 24.0 Å². The number of aromatic nitrogens is 1. The number of carbonyl (C=O) groups is 1. The topological polar surface area (TPSA) is 96.3 Å². The van der Waals surface area contributed by atoms with Crippen molar-refractivity contribution in [2.75, 3.05) is 38.3 Å². The van der Waals surface area contributed by atoms with Crippen LogP contribution in [-0.4, -0.2) is 81.9 Å². The number of para-hydroxylation sites is 1. The fourth-order valence-corrected chi connectivity index (χ4v) is 7.80. The normalized spacial score (nSPS) is 26.8. The molecule has 227 valence electrons. The van der Waals surface area contributed by atoms with Crippen molar-refractivity contribution >= 4 is 44.1 Å². The second-order valence-electron chi connectivity index (χ2n) is 12.8. The second-order valence-corrected chi connectivity index (χ2v) is 13.8. The molecule has 1 unspecified atom stereocenters. The third kappa shape index (κ3) is 4.89. The van der Waals surface area contributed by atoms with Gasteiger partial charge in [0.1, 0.15) is 5.75 Å². The van der Waals surface area contributed by atoms with Crippen LogP contribution in [0.5, 0.6) is 5.75 Å². The van der Waals surface area contributed by atoms with Crippen LogP contribution in [0, 0.1) is 11.8 Å². The molecule has 3 N–H and O–H groups in total. The smallest absolute Gasteiger partial charge is 0.254 e. The monoisotopic (exact) mass is 598 g/mol. The zero-order valence-corrected chi connectivity index (χ0v) is 27.1. The summed E-state index contributed by atoms with van der Waals surface area (Å²) in [7, 11) is 5.93. The fraction of sp³-hybridized carbons (Fsp3) is 0.529. The number of aliphatic imine (C=N–C) groups is 1. The Labute approximate surface area is 258 Å². The molecule has 43 heavy (non-hydrogen) atoms. The Bertz CT molecular complexity index is 1580. The highest BCUT2D eigenvalue weighted by atomic mass is 28.1. The Morgan fingerprint density at radius 3 is 2.70 bits per heavy atom. The Morgan fingerprint density at radius 1 is 1.23 bits per heavy atom. The molecule has 0 aliphatic carbocycles. The number of aliphatic hydroxyl groups excluding tert-OH is 1. The van der Waals surface area contributed by atoms with Gasteiger partial charge < -0.3 is 29.9 Å². The zero-order chi connectivity index (χ0) is 30.6. The maximum Gasteiger partial charge on any atom is 0.254 e. The number of nitrogens with two attached hydrogens (primary N) is 1. The maximum atomic E-state index is 13.8. The Hall–Kier alpha value is -3.14. The standard InChI is InChI=1S/C34H44N5O3Si/c1-6-34(43)19-37(13-8-14-40)27-10-7-9-23-16-28(39(34)32(23)27)31-20(2)11-12-25-26(36-31)15-24(17-29(25)42-5)33(41)38-18-21(3)30(35)22(38)4/h7,9-10,15-17,20-22,30,40H,6,8,11-14,18-19,35H2,1-5H3/t20?,21-,22-,30-,34+/m1/s1. The van der Waals surface area contributed by atoms with E-state index < -0.39 is 0 Å². The molecule has 1 aromatic heterocycles. The molecule has 3 radical (unpaired) electrons. The highest BCUT2D eigenvalue weighted by Gasteiger charge is 2.39. The van der Waals surface area contributed by atoms with Crippen molar-refractivity contribution in [3.8, 4) is 5.75 Å². The van der Waals surface area contributed by atoms with Crippen molar-refractivity contribution in [1.82, 2.24) is 9.47 Å². The molecule has 6 rings (SSSR count). The van der Waals surface area contributed by atoms with Crippen molar-refractivity contribution in [3.63, 3.8) is 0 Å². The first kappa shape index (κ1) is 29.9. The molecule has 1 fully saturated rings. The van der Waals surface area contributed by atoms with Crippen LogP contribution in [0.3, 0.4) is 0 Å². The van der Waals surface area contributed by atoms with E-state index in [4.69, 9.17) is 15.5 Å². The van der Waals surface area contributed by atoms with Crippen LogP contribution >= 0.6 is 0 Å². The molecule has 3 aliphatic heterocycles. The van der Waals surface area contributed by atoms with Crippen LogP contribution < -0.4 is 15.4 Å². The number of nitrogens with zero attached hydrogens (tertiary/aromatic N) is 4. The fourth-order valence-electron chi connectivity index (χ4n) is 7.38. The molecule has 0 saturated carbocycles. The number of anilines is 1. The molecule has 9 heteroatoms. The lowest BCUT2D eigenvalue weighted by Gasteiger charge is -2.44. The molecule has 8 nitrogen and oxygen atoms in total. The predicted molar refractivity (Wildman–Crippen MR) is 174 cm³/mol. The highest BCUT2D eigenvalue weighted by Crippen LogP contribution is 2.43. The summed E-state index contributed by atoms with van der Waals surface area (Å²) in [4.78, 5) is 23.5. The molecule has 1 amide bonds. The molecule has 0 spiro atoms. The molecule has 5 atom stereocenters. The number of methoxy groups -OCH3 is 1. The van der Waals surface area contributed by atoms with Gasteiger partial charge in [0, 0.05) is 65.9 Å². The SMILES string of the molecule is CC[C@]1([Si])CN(CCCO)c2cccc3cc(C4=Nc5cc(C(=O)N6C[C@@H](C)[C@@H](N)[C@H]6C)cc(OC)c5CCC4C)n1c23. The number of likely N-dealkylation sites (tertiary alicyclic amines) is 1. The van der Waals surface area contributed by atoms with Crippen molar-refractivity contribution in [3.05, 3.63) is 53.2 Å². The van der Waals surface area contributed by atoms with E-state index in [-0.39, 0.29) is 41.6 Å². The average molecular weight is 599 g/mol. The number of fused-ring (bicyclic) bond motifs is 1.